The highest BCUT2D eigenvalue weighted by atomic mass is 35.5. The molecular formula is C15H18ClN3S. The molecule has 2 unspecified atom stereocenters. The maximum absolute atomic E-state index is 6.29. The lowest BCUT2D eigenvalue weighted by Gasteiger charge is -2.32. The number of fused-ring (bicyclic) bond motifs is 2. The molecule has 3 nitrogen and oxygen atoms in total. The quantitative estimate of drug-likeness (QED) is 0.800. The summed E-state index contributed by atoms with van der Waals surface area (Å²) in [6.45, 7) is 2.45. The number of benzene rings is 1. The van der Waals surface area contributed by atoms with E-state index in [0.29, 0.717) is 12.1 Å². The van der Waals surface area contributed by atoms with E-state index in [9.17, 15) is 0 Å². The summed E-state index contributed by atoms with van der Waals surface area (Å²) in [7, 11) is 0. The third-order valence-corrected chi connectivity index (χ3v) is 5.47. The molecular weight excluding hydrogens is 290 g/mol. The average molecular weight is 308 g/mol. The highest BCUT2D eigenvalue weighted by Gasteiger charge is 2.37. The van der Waals surface area contributed by atoms with E-state index in [0.717, 1.165) is 20.8 Å². The molecule has 0 amide bonds. The first-order valence-corrected chi connectivity index (χ1v) is 8.17. The summed E-state index contributed by atoms with van der Waals surface area (Å²) >= 11 is 11.9. The van der Waals surface area contributed by atoms with Crippen molar-refractivity contribution in [3.8, 4) is 0 Å². The number of aromatic nitrogens is 2. The van der Waals surface area contributed by atoms with E-state index in [1.54, 1.807) is 0 Å². The first-order chi connectivity index (χ1) is 9.75. The molecule has 0 spiro atoms. The van der Waals surface area contributed by atoms with Crippen LogP contribution in [0.25, 0.3) is 11.0 Å². The van der Waals surface area contributed by atoms with Crippen LogP contribution in [0.3, 0.4) is 0 Å². The van der Waals surface area contributed by atoms with Crippen LogP contribution in [0.4, 0.5) is 0 Å². The third kappa shape index (κ3) is 1.85. The van der Waals surface area contributed by atoms with Crippen LogP contribution >= 0.6 is 23.8 Å². The van der Waals surface area contributed by atoms with E-state index >= 15 is 0 Å². The third-order valence-electron chi connectivity index (χ3n) is 4.85. The Hall–Kier alpha value is -0.840. The van der Waals surface area contributed by atoms with Crippen LogP contribution in [0, 0.1) is 4.77 Å². The van der Waals surface area contributed by atoms with Crippen LogP contribution in [0.15, 0.2) is 18.2 Å². The Labute approximate surface area is 128 Å². The number of H-pyrrole nitrogens is 1. The van der Waals surface area contributed by atoms with Crippen LogP contribution in [0.2, 0.25) is 5.02 Å². The SMILES string of the molecule is S=c1[nH]c2c(Cl)cccc2n1C1CCN2CCCCC12. The highest BCUT2D eigenvalue weighted by Crippen LogP contribution is 2.37. The standard InChI is InChI=1S/C15H18ClN3S/c16-10-4-3-6-13-14(10)17-15(20)19(13)12-7-9-18-8-2-1-5-11(12)18/h3-4,6,11-12H,1-2,5,7-9H2,(H,17,20). The Morgan fingerprint density at radius 2 is 2.05 bits per heavy atom. The summed E-state index contributed by atoms with van der Waals surface area (Å²) in [5.74, 6) is 0. The Morgan fingerprint density at radius 1 is 1.15 bits per heavy atom. The number of halogens is 1. The van der Waals surface area contributed by atoms with Gasteiger partial charge >= 0.3 is 0 Å². The Balaban J connectivity index is 1.84. The predicted octanol–water partition coefficient (Wildman–Crippen LogP) is 4.15. The summed E-state index contributed by atoms with van der Waals surface area (Å²) in [4.78, 5) is 5.93. The van der Waals surface area contributed by atoms with Gasteiger partial charge in [0.25, 0.3) is 0 Å². The predicted molar refractivity (Wildman–Crippen MR) is 85.0 cm³/mol. The first-order valence-electron chi connectivity index (χ1n) is 7.38. The maximum atomic E-state index is 6.29. The van der Waals surface area contributed by atoms with Gasteiger partial charge in [0.15, 0.2) is 4.77 Å². The molecule has 4 rings (SSSR count). The van der Waals surface area contributed by atoms with Crippen molar-refractivity contribution in [3.63, 3.8) is 0 Å². The molecule has 0 saturated carbocycles. The minimum Gasteiger partial charge on any atom is -0.329 e. The molecule has 2 aliphatic heterocycles. The molecule has 3 heterocycles. The number of nitrogens with one attached hydrogen (secondary N) is 1. The summed E-state index contributed by atoms with van der Waals surface area (Å²) in [5.41, 5.74) is 2.13. The lowest BCUT2D eigenvalue weighted by Crippen LogP contribution is -2.37. The van der Waals surface area contributed by atoms with Gasteiger partial charge in [0, 0.05) is 12.6 Å². The smallest absolute Gasteiger partial charge is 0.178 e. The van der Waals surface area contributed by atoms with E-state index in [2.05, 4.69) is 20.5 Å². The zero-order valence-electron chi connectivity index (χ0n) is 11.3. The van der Waals surface area contributed by atoms with Crippen LogP contribution in [-0.4, -0.2) is 33.6 Å². The number of hydrogen-bond donors (Lipinski definition) is 1. The average Bonchev–Trinajstić information content (AvgIpc) is 3.00. The van der Waals surface area contributed by atoms with Gasteiger partial charge < -0.3 is 9.55 Å². The molecule has 106 valence electrons. The molecule has 1 aromatic heterocycles. The van der Waals surface area contributed by atoms with Crippen molar-refractivity contribution in [1.82, 2.24) is 14.5 Å². The van der Waals surface area contributed by atoms with Gasteiger partial charge in [-0.1, -0.05) is 24.1 Å². The van der Waals surface area contributed by atoms with Gasteiger partial charge in [-0.05, 0) is 50.2 Å². The largest absolute Gasteiger partial charge is 0.329 e. The minimum absolute atomic E-state index is 0.495. The monoisotopic (exact) mass is 307 g/mol. The number of para-hydroxylation sites is 1. The number of hydrogen-bond acceptors (Lipinski definition) is 2. The Bertz CT molecular complexity index is 705. The molecule has 0 bridgehead atoms. The Kier molecular flexibility index (Phi) is 3.13. The van der Waals surface area contributed by atoms with E-state index < -0.39 is 0 Å². The van der Waals surface area contributed by atoms with Gasteiger partial charge in [0.05, 0.1) is 22.1 Å². The second-order valence-corrected chi connectivity index (χ2v) is 6.68. The van der Waals surface area contributed by atoms with E-state index in [4.69, 9.17) is 23.8 Å². The first kappa shape index (κ1) is 12.9. The van der Waals surface area contributed by atoms with E-state index in [1.807, 2.05) is 12.1 Å². The molecule has 1 N–H and O–H groups in total. The molecule has 0 aliphatic carbocycles. The van der Waals surface area contributed by atoms with Gasteiger partial charge in [-0.2, -0.15) is 0 Å². The van der Waals surface area contributed by atoms with Crippen molar-refractivity contribution in [3.05, 3.63) is 28.0 Å². The number of aromatic amines is 1. The summed E-state index contributed by atoms with van der Waals surface area (Å²) in [6.07, 6.45) is 5.17. The molecule has 2 fully saturated rings. The van der Waals surface area contributed by atoms with Crippen molar-refractivity contribution in [2.45, 2.75) is 37.8 Å². The molecule has 0 radical (unpaired) electrons. The molecule has 2 atom stereocenters. The summed E-state index contributed by atoms with van der Waals surface area (Å²) in [5, 5.41) is 0.755. The van der Waals surface area contributed by atoms with Crippen molar-refractivity contribution in [2.24, 2.45) is 0 Å². The normalized spacial score (nSPS) is 27.1. The Morgan fingerprint density at radius 3 is 2.95 bits per heavy atom. The van der Waals surface area contributed by atoms with Gasteiger partial charge in [-0.15, -0.1) is 0 Å². The molecule has 2 aliphatic rings. The van der Waals surface area contributed by atoms with Crippen molar-refractivity contribution in [2.75, 3.05) is 13.1 Å². The lowest BCUT2D eigenvalue weighted by molar-refractivity contribution is 0.174. The van der Waals surface area contributed by atoms with Crippen LogP contribution in [0.5, 0.6) is 0 Å². The number of nitrogens with zero attached hydrogens (tertiary/aromatic N) is 2. The van der Waals surface area contributed by atoms with Gasteiger partial charge in [0.2, 0.25) is 0 Å². The summed E-state index contributed by atoms with van der Waals surface area (Å²) in [6, 6.07) is 7.20. The summed E-state index contributed by atoms with van der Waals surface area (Å²) < 4.78 is 3.12. The van der Waals surface area contributed by atoms with Gasteiger partial charge in [0.1, 0.15) is 0 Å². The van der Waals surface area contributed by atoms with Crippen molar-refractivity contribution < 1.29 is 0 Å². The van der Waals surface area contributed by atoms with Gasteiger partial charge in [-0.25, -0.2) is 0 Å². The lowest BCUT2D eigenvalue weighted by atomic mass is 9.99. The second kappa shape index (κ2) is 4.86. The number of piperidine rings is 1. The fraction of sp³-hybridized carbons (Fsp3) is 0.533. The van der Waals surface area contributed by atoms with Crippen molar-refractivity contribution in [1.29, 1.82) is 0 Å². The van der Waals surface area contributed by atoms with Crippen LogP contribution in [-0.2, 0) is 0 Å². The topological polar surface area (TPSA) is 24.0 Å². The second-order valence-electron chi connectivity index (χ2n) is 5.89. The molecule has 1 aromatic carbocycles. The fourth-order valence-corrected chi connectivity index (χ4v) is 4.52. The zero-order valence-corrected chi connectivity index (χ0v) is 12.9. The van der Waals surface area contributed by atoms with Crippen LogP contribution < -0.4 is 0 Å². The highest BCUT2D eigenvalue weighted by molar-refractivity contribution is 7.71. The minimum atomic E-state index is 0.495. The fourth-order valence-electron chi connectivity index (χ4n) is 3.96. The molecule has 2 saturated heterocycles. The van der Waals surface area contributed by atoms with E-state index in [1.165, 1.54) is 38.8 Å². The molecule has 20 heavy (non-hydrogen) atoms. The number of imidazole rings is 1. The molecule has 5 heteroatoms. The molecule has 2 aromatic rings. The number of rotatable bonds is 1. The van der Waals surface area contributed by atoms with Gasteiger partial charge in [-0.3, -0.25) is 4.90 Å². The van der Waals surface area contributed by atoms with E-state index in [-0.39, 0.29) is 0 Å². The van der Waals surface area contributed by atoms with Crippen LogP contribution in [0.1, 0.15) is 31.7 Å². The maximum Gasteiger partial charge on any atom is 0.178 e. The van der Waals surface area contributed by atoms with Crippen molar-refractivity contribution >= 4 is 34.9 Å². The zero-order chi connectivity index (χ0) is 13.7.